The van der Waals surface area contributed by atoms with Gasteiger partial charge in [0.25, 0.3) is 11.6 Å². The first kappa shape index (κ1) is 20.3. The van der Waals surface area contributed by atoms with Crippen molar-refractivity contribution in [1.29, 1.82) is 0 Å². The summed E-state index contributed by atoms with van der Waals surface area (Å²) in [7, 11) is 1.39. The molecule has 0 spiro atoms. The highest BCUT2D eigenvalue weighted by Crippen LogP contribution is 2.30. The number of rotatable bonds is 7. The topological polar surface area (TPSA) is 90.7 Å². The van der Waals surface area contributed by atoms with Crippen molar-refractivity contribution >= 4 is 28.6 Å². The molecule has 1 amide bonds. The van der Waals surface area contributed by atoms with Crippen molar-refractivity contribution in [3.63, 3.8) is 0 Å². The van der Waals surface area contributed by atoms with Crippen LogP contribution in [0, 0.1) is 24.0 Å². The first-order valence-electron chi connectivity index (χ1n) is 8.79. The number of non-ortho nitro benzene ring substituents is 1. The smallest absolute Gasteiger partial charge is 0.273 e. The van der Waals surface area contributed by atoms with E-state index in [9.17, 15) is 14.9 Å². The first-order valence-corrected chi connectivity index (χ1v) is 9.67. The van der Waals surface area contributed by atoms with Gasteiger partial charge in [0.1, 0.15) is 18.1 Å². The lowest BCUT2D eigenvalue weighted by Gasteiger charge is -2.10. The number of benzene rings is 2. The van der Waals surface area contributed by atoms with E-state index in [1.807, 2.05) is 37.4 Å². The van der Waals surface area contributed by atoms with Crippen LogP contribution < -0.4 is 14.8 Å². The number of nitrogens with one attached hydrogen (secondary N) is 1. The van der Waals surface area contributed by atoms with Crippen LogP contribution in [-0.4, -0.2) is 17.9 Å². The lowest BCUT2D eigenvalue weighted by molar-refractivity contribution is -0.384. The van der Waals surface area contributed by atoms with Crippen LogP contribution in [0.25, 0.3) is 0 Å². The molecule has 1 N–H and O–H groups in total. The van der Waals surface area contributed by atoms with Gasteiger partial charge in [-0.25, -0.2) is 0 Å². The Morgan fingerprint density at radius 3 is 2.69 bits per heavy atom. The minimum absolute atomic E-state index is 0.109. The van der Waals surface area contributed by atoms with Crippen LogP contribution in [0.4, 0.5) is 11.4 Å². The molecule has 3 rings (SSSR count). The number of carbonyl (C=O) groups excluding carboxylic acids is 1. The van der Waals surface area contributed by atoms with E-state index in [1.54, 1.807) is 6.07 Å². The number of anilines is 1. The van der Waals surface area contributed by atoms with Gasteiger partial charge in [-0.05, 0) is 48.6 Å². The maximum Gasteiger partial charge on any atom is 0.273 e. The summed E-state index contributed by atoms with van der Waals surface area (Å²) < 4.78 is 11.0. The molecule has 0 unspecified atom stereocenters. The maximum atomic E-state index is 12.6. The largest absolute Gasteiger partial charge is 0.494 e. The predicted octanol–water partition coefficient (Wildman–Crippen LogP) is 5.11. The van der Waals surface area contributed by atoms with Crippen molar-refractivity contribution in [3.05, 3.63) is 79.5 Å². The normalized spacial score (nSPS) is 10.4. The first-order chi connectivity index (χ1) is 13.9. The van der Waals surface area contributed by atoms with Crippen molar-refractivity contribution in [2.75, 3.05) is 12.4 Å². The van der Waals surface area contributed by atoms with Crippen molar-refractivity contribution in [1.82, 2.24) is 0 Å². The zero-order chi connectivity index (χ0) is 21.0. The summed E-state index contributed by atoms with van der Waals surface area (Å²) in [6, 6.07) is 11.7. The van der Waals surface area contributed by atoms with E-state index in [2.05, 4.69) is 5.32 Å². The second kappa shape index (κ2) is 8.74. The van der Waals surface area contributed by atoms with E-state index in [-0.39, 0.29) is 17.3 Å². The number of methoxy groups -OCH3 is 1. The molecule has 29 heavy (non-hydrogen) atoms. The number of nitro groups is 1. The van der Waals surface area contributed by atoms with Crippen LogP contribution in [0.3, 0.4) is 0 Å². The Labute approximate surface area is 172 Å². The lowest BCUT2D eigenvalue weighted by Crippen LogP contribution is -2.11. The molecular weight excluding hydrogens is 392 g/mol. The monoisotopic (exact) mass is 412 g/mol. The number of carbonyl (C=O) groups is 1. The molecule has 7 nitrogen and oxygen atoms in total. The molecule has 0 bridgehead atoms. The molecule has 0 aliphatic carbocycles. The van der Waals surface area contributed by atoms with Gasteiger partial charge in [-0.3, -0.25) is 14.9 Å². The third-order valence-corrected chi connectivity index (χ3v) is 5.45. The number of aryl methyl sites for hydroxylation is 1. The Bertz CT molecular complexity index is 1060. The summed E-state index contributed by atoms with van der Waals surface area (Å²) in [5, 5.41) is 15.5. The fourth-order valence-corrected chi connectivity index (χ4v) is 3.48. The summed E-state index contributed by atoms with van der Waals surface area (Å²) in [6.07, 6.45) is 0. The average Bonchev–Trinajstić information content (AvgIpc) is 3.18. The van der Waals surface area contributed by atoms with Crippen molar-refractivity contribution in [2.45, 2.75) is 20.5 Å². The Hall–Kier alpha value is -3.39. The van der Waals surface area contributed by atoms with E-state index >= 15 is 0 Å². The second-order valence-electron chi connectivity index (χ2n) is 6.40. The molecule has 8 heteroatoms. The van der Waals surface area contributed by atoms with Gasteiger partial charge >= 0.3 is 0 Å². The fourth-order valence-electron chi connectivity index (χ4n) is 2.69. The van der Waals surface area contributed by atoms with Gasteiger partial charge in [0.15, 0.2) is 0 Å². The van der Waals surface area contributed by atoms with Crippen LogP contribution in [-0.2, 0) is 6.61 Å². The second-order valence-corrected chi connectivity index (χ2v) is 7.31. The summed E-state index contributed by atoms with van der Waals surface area (Å²) in [5.41, 5.74) is 3.39. The number of hydrogen-bond donors (Lipinski definition) is 1. The number of ether oxygens (including phenoxy) is 2. The highest BCUT2D eigenvalue weighted by Gasteiger charge is 2.16. The van der Waals surface area contributed by atoms with Gasteiger partial charge in [-0.15, -0.1) is 11.3 Å². The molecular formula is C21H20N2O5S. The van der Waals surface area contributed by atoms with Crippen molar-refractivity contribution in [3.8, 4) is 11.5 Å². The van der Waals surface area contributed by atoms with E-state index in [4.69, 9.17) is 9.47 Å². The van der Waals surface area contributed by atoms with Gasteiger partial charge < -0.3 is 14.8 Å². The third-order valence-electron chi connectivity index (χ3n) is 4.47. The molecule has 1 heterocycles. The zero-order valence-electron chi connectivity index (χ0n) is 16.2. The molecule has 0 atom stereocenters. The predicted molar refractivity (Wildman–Crippen MR) is 112 cm³/mol. The van der Waals surface area contributed by atoms with Gasteiger partial charge in [-0.2, -0.15) is 0 Å². The molecule has 2 aromatic carbocycles. The van der Waals surface area contributed by atoms with E-state index in [1.165, 1.54) is 36.6 Å². The number of thiophene rings is 1. The molecule has 0 radical (unpaired) electrons. The van der Waals surface area contributed by atoms with Gasteiger partial charge in [-0.1, -0.05) is 12.1 Å². The van der Waals surface area contributed by atoms with E-state index in [0.29, 0.717) is 17.2 Å². The van der Waals surface area contributed by atoms with Crippen LogP contribution in [0.5, 0.6) is 11.5 Å². The molecule has 1 aromatic heterocycles. The summed E-state index contributed by atoms with van der Waals surface area (Å²) in [4.78, 5) is 23.4. The van der Waals surface area contributed by atoms with Crippen molar-refractivity contribution < 1.29 is 19.2 Å². The van der Waals surface area contributed by atoms with Crippen molar-refractivity contribution in [2.24, 2.45) is 0 Å². The molecule has 0 aliphatic rings. The number of hydrogen-bond acceptors (Lipinski definition) is 6. The molecule has 150 valence electrons. The Morgan fingerprint density at radius 2 is 1.97 bits per heavy atom. The van der Waals surface area contributed by atoms with Crippen LogP contribution >= 0.6 is 11.3 Å². The molecule has 3 aromatic rings. The van der Waals surface area contributed by atoms with Gasteiger partial charge in [0.05, 0.1) is 28.7 Å². The fraction of sp³-hybridized carbons (Fsp3) is 0.190. The molecule has 0 fully saturated rings. The van der Waals surface area contributed by atoms with Crippen LogP contribution in [0.1, 0.15) is 26.4 Å². The van der Waals surface area contributed by atoms with Gasteiger partial charge in [0, 0.05) is 11.6 Å². The van der Waals surface area contributed by atoms with E-state index in [0.717, 1.165) is 22.4 Å². The van der Waals surface area contributed by atoms with Gasteiger partial charge in [0.2, 0.25) is 0 Å². The number of nitro benzene ring substituents is 1. The molecule has 0 saturated carbocycles. The maximum absolute atomic E-state index is 12.6. The summed E-state index contributed by atoms with van der Waals surface area (Å²) in [5.74, 6) is 0.723. The Morgan fingerprint density at radius 1 is 1.17 bits per heavy atom. The Kier molecular flexibility index (Phi) is 6.13. The van der Waals surface area contributed by atoms with E-state index < -0.39 is 4.92 Å². The minimum Gasteiger partial charge on any atom is -0.494 e. The quantitative estimate of drug-likeness (QED) is 0.430. The molecule has 0 saturated heterocycles. The highest BCUT2D eigenvalue weighted by atomic mass is 32.1. The third kappa shape index (κ3) is 4.72. The lowest BCUT2D eigenvalue weighted by atomic mass is 10.1. The highest BCUT2D eigenvalue weighted by molar-refractivity contribution is 7.12. The summed E-state index contributed by atoms with van der Waals surface area (Å²) in [6.45, 7) is 4.39. The standard InChI is InChI=1S/C21H20N2O5S/c1-13-5-4-6-18(14(13)2)28-11-15-9-20(29-12-15)21(24)22-17-8-7-16(23(25)26)10-19(17)27-3/h4-10,12H,11H2,1-3H3,(H,22,24). The SMILES string of the molecule is COc1cc([N+](=O)[O-])ccc1NC(=O)c1cc(COc2cccc(C)c2C)cs1. The zero-order valence-corrected chi connectivity index (χ0v) is 17.0. The average molecular weight is 412 g/mol. The number of nitrogens with zero attached hydrogens (tertiary/aromatic N) is 1. The minimum atomic E-state index is -0.518. The molecule has 0 aliphatic heterocycles. The van der Waals surface area contributed by atoms with Crippen LogP contribution in [0.2, 0.25) is 0 Å². The summed E-state index contributed by atoms with van der Waals surface area (Å²) >= 11 is 1.30. The van der Waals surface area contributed by atoms with Crippen LogP contribution in [0.15, 0.2) is 47.8 Å². The number of amides is 1. The Balaban J connectivity index is 1.68.